The van der Waals surface area contributed by atoms with E-state index in [0.29, 0.717) is 38.4 Å². The van der Waals surface area contributed by atoms with Gasteiger partial charge in [0.2, 0.25) is 5.43 Å². The van der Waals surface area contributed by atoms with Gasteiger partial charge in [0.25, 0.3) is 0 Å². The molecule has 7 rings (SSSR count). The van der Waals surface area contributed by atoms with Crippen LogP contribution in [-0.2, 0) is 32.5 Å². The highest BCUT2D eigenvalue weighted by Crippen LogP contribution is 2.34. The maximum atomic E-state index is 13.9. The Labute approximate surface area is 359 Å². The van der Waals surface area contributed by atoms with Gasteiger partial charge in [-0.15, -0.1) is 0 Å². The summed E-state index contributed by atoms with van der Waals surface area (Å²) >= 11 is 2.89. The lowest BCUT2D eigenvalue weighted by atomic mass is 9.87. The van der Waals surface area contributed by atoms with E-state index in [2.05, 4.69) is 90.1 Å². The highest BCUT2D eigenvalue weighted by molar-refractivity contribution is 7.98. The SMILES string of the molecule is Cc1c(SCc2ccc(C(C)(C)C)cc2)oc2cccc([18F])c2c1=O.Cc1ccc(S(=O)(=O)Oc2cccc3oc(SCc4ccc(C(C)(C)C)cc4)c(C)c(=O)c23)cc1. The van der Waals surface area contributed by atoms with Gasteiger partial charge in [-0.2, -0.15) is 8.42 Å². The van der Waals surface area contributed by atoms with E-state index in [1.165, 1.54) is 58.9 Å². The van der Waals surface area contributed by atoms with Crippen LogP contribution in [0.5, 0.6) is 5.75 Å². The van der Waals surface area contributed by atoms with E-state index >= 15 is 0 Å². The summed E-state index contributed by atoms with van der Waals surface area (Å²) in [4.78, 5) is 25.7. The molecule has 7 aromatic rings. The monoisotopic (exact) mass is 863 g/mol. The average Bonchev–Trinajstić information content (AvgIpc) is 3.19. The standard InChI is InChI=1S/C28H28O5S2.C21H21FO2S/c1-18-9-15-22(16-10-18)35(30,31)33-24-8-6-7-23-25(24)26(29)19(2)27(32-23)34-17-20-11-13-21(14-12-20)28(3,4)5;1-13-19(23)18-16(22)6-5-7-17(18)24-20(13)25-12-14-8-10-15(11-9-14)21(2,3)4/h6-16H,17H2,1-5H3;5-11H,12H2,1-4H3/i;22-1. The fourth-order valence-corrected chi connectivity index (χ4v) is 9.10. The van der Waals surface area contributed by atoms with Crippen LogP contribution in [0.3, 0.4) is 0 Å². The van der Waals surface area contributed by atoms with E-state index in [9.17, 15) is 22.4 Å². The molecule has 0 unspecified atom stereocenters. The van der Waals surface area contributed by atoms with Gasteiger partial charge >= 0.3 is 10.1 Å². The number of benzene rings is 5. The van der Waals surface area contributed by atoms with Crippen molar-refractivity contribution in [2.24, 2.45) is 0 Å². The van der Waals surface area contributed by atoms with Crippen LogP contribution < -0.4 is 15.0 Å². The molecule has 0 spiro atoms. The second-order valence-electron chi connectivity index (χ2n) is 16.8. The van der Waals surface area contributed by atoms with Crippen molar-refractivity contribution in [1.82, 2.24) is 0 Å². The Balaban J connectivity index is 0.000000213. The van der Waals surface area contributed by atoms with E-state index in [0.717, 1.165) is 16.7 Å². The Morgan fingerprint density at radius 1 is 0.583 bits per heavy atom. The molecule has 0 amide bonds. The van der Waals surface area contributed by atoms with Crippen molar-refractivity contribution >= 4 is 55.6 Å². The van der Waals surface area contributed by atoms with Crippen molar-refractivity contribution in [3.05, 3.63) is 174 Å². The molecule has 312 valence electrons. The Bertz CT molecular complexity index is 2880. The van der Waals surface area contributed by atoms with Gasteiger partial charge in [0.1, 0.15) is 32.7 Å². The zero-order valence-electron chi connectivity index (χ0n) is 35.3. The zero-order chi connectivity index (χ0) is 43.6. The molecule has 0 bridgehead atoms. The molecule has 0 fully saturated rings. The number of halogens is 1. The first kappa shape index (κ1) is 44.5. The van der Waals surface area contributed by atoms with Crippen LogP contribution in [0.2, 0.25) is 0 Å². The van der Waals surface area contributed by atoms with Crippen LogP contribution in [-0.4, -0.2) is 8.42 Å². The Hall–Kier alpha value is -5.10. The smallest absolute Gasteiger partial charge is 0.339 e. The maximum Gasteiger partial charge on any atom is 0.339 e. The second kappa shape index (κ2) is 17.9. The third-order valence-corrected chi connectivity index (χ3v) is 13.5. The fourth-order valence-electron chi connectivity index (χ4n) is 6.26. The van der Waals surface area contributed by atoms with Gasteiger partial charge in [0.05, 0.1) is 0 Å². The quantitative estimate of drug-likeness (QED) is 0.104. The molecule has 0 atom stereocenters. The van der Waals surface area contributed by atoms with Gasteiger partial charge in [-0.25, -0.2) is 4.39 Å². The van der Waals surface area contributed by atoms with Crippen molar-refractivity contribution in [3.63, 3.8) is 0 Å². The molecule has 60 heavy (non-hydrogen) atoms. The number of hydrogen-bond acceptors (Lipinski definition) is 9. The van der Waals surface area contributed by atoms with Gasteiger partial charge in [-0.1, -0.05) is 143 Å². The number of fused-ring (bicyclic) bond motifs is 2. The summed E-state index contributed by atoms with van der Waals surface area (Å²) in [5, 5.41) is 1.18. The maximum absolute atomic E-state index is 13.9. The molecule has 0 saturated heterocycles. The van der Waals surface area contributed by atoms with Gasteiger partial charge in [-0.05, 0) is 90.3 Å². The molecule has 0 aliphatic carbocycles. The van der Waals surface area contributed by atoms with Gasteiger partial charge < -0.3 is 13.0 Å². The molecule has 2 aromatic heterocycles. The lowest BCUT2D eigenvalue weighted by molar-refractivity contribution is 0.480. The van der Waals surface area contributed by atoms with Crippen molar-refractivity contribution in [1.29, 1.82) is 0 Å². The summed E-state index contributed by atoms with van der Waals surface area (Å²) in [7, 11) is -4.11. The lowest BCUT2D eigenvalue weighted by Gasteiger charge is -2.19. The highest BCUT2D eigenvalue weighted by Gasteiger charge is 2.22. The second-order valence-corrected chi connectivity index (χ2v) is 20.2. The molecule has 7 nitrogen and oxygen atoms in total. The van der Waals surface area contributed by atoms with Crippen molar-refractivity contribution in [3.8, 4) is 5.75 Å². The number of aryl methyl sites for hydroxylation is 1. The largest absolute Gasteiger partial charge is 0.449 e. The minimum atomic E-state index is -4.11. The van der Waals surface area contributed by atoms with Crippen LogP contribution in [0, 0.1) is 26.6 Å². The summed E-state index contributed by atoms with van der Waals surface area (Å²) in [6.07, 6.45) is 0. The van der Waals surface area contributed by atoms with E-state index in [-0.39, 0.29) is 48.7 Å². The predicted octanol–water partition coefficient (Wildman–Crippen LogP) is 12.6. The zero-order valence-corrected chi connectivity index (χ0v) is 37.7. The molecule has 0 N–H and O–H groups in total. The van der Waals surface area contributed by atoms with E-state index in [1.54, 1.807) is 50.2 Å². The topological polar surface area (TPSA) is 104 Å². The number of hydrogen-bond donors (Lipinski definition) is 0. The highest BCUT2D eigenvalue weighted by atomic mass is 32.2. The fraction of sp³-hybridized carbons (Fsp3) is 0.265. The lowest BCUT2D eigenvalue weighted by Crippen LogP contribution is -2.13. The summed E-state index contributed by atoms with van der Waals surface area (Å²) in [5.74, 6) is 0.741. The third kappa shape index (κ3) is 10.3. The molecule has 5 aromatic carbocycles. The van der Waals surface area contributed by atoms with Crippen molar-refractivity contribution in [2.45, 2.75) is 99.7 Å². The van der Waals surface area contributed by atoms with Crippen LogP contribution in [0.25, 0.3) is 21.9 Å². The molecule has 11 heteroatoms. The summed E-state index contributed by atoms with van der Waals surface area (Å²) < 4.78 is 56.7. The van der Waals surface area contributed by atoms with E-state index in [4.69, 9.17) is 13.0 Å². The van der Waals surface area contributed by atoms with Gasteiger partial charge in [0, 0.05) is 22.6 Å². The van der Waals surface area contributed by atoms with E-state index in [1.807, 2.05) is 6.92 Å². The van der Waals surface area contributed by atoms with Gasteiger partial charge in [0.15, 0.2) is 21.4 Å². The molecular weight excluding hydrogens is 815 g/mol. The van der Waals surface area contributed by atoms with Crippen LogP contribution >= 0.6 is 23.5 Å². The van der Waals surface area contributed by atoms with Crippen LogP contribution in [0.1, 0.15) is 80.5 Å². The number of rotatable bonds is 9. The summed E-state index contributed by atoms with van der Waals surface area (Å²) in [5.41, 5.74) is 6.77. The molecule has 0 aliphatic heterocycles. The van der Waals surface area contributed by atoms with Crippen LogP contribution in [0.4, 0.5) is 4.39 Å². The Morgan fingerprint density at radius 2 is 1.02 bits per heavy atom. The predicted molar refractivity (Wildman–Crippen MR) is 243 cm³/mol. The molecule has 0 saturated carbocycles. The van der Waals surface area contributed by atoms with E-state index < -0.39 is 15.9 Å². The minimum Gasteiger partial charge on any atom is -0.449 e. The first-order chi connectivity index (χ1) is 28.2. The molecule has 0 aliphatic rings. The first-order valence-electron chi connectivity index (χ1n) is 19.5. The first-order valence-corrected chi connectivity index (χ1v) is 22.8. The summed E-state index contributed by atoms with van der Waals surface area (Å²) in [6, 6.07) is 32.4. The minimum absolute atomic E-state index is 0.0193. The third-order valence-electron chi connectivity index (χ3n) is 10.0. The average molecular weight is 864 g/mol. The van der Waals surface area contributed by atoms with Crippen molar-refractivity contribution < 1.29 is 25.8 Å². The van der Waals surface area contributed by atoms with Crippen molar-refractivity contribution in [2.75, 3.05) is 0 Å². The number of thioether (sulfide) groups is 2. The molecule has 0 radical (unpaired) electrons. The Kier molecular flexibility index (Phi) is 13.2. The molecular formula is C49H49FO7S3. The Morgan fingerprint density at radius 3 is 1.48 bits per heavy atom. The van der Waals surface area contributed by atoms with Gasteiger partial charge in [-0.3, -0.25) is 9.59 Å². The molecule has 2 heterocycles. The van der Waals surface area contributed by atoms with Crippen LogP contribution in [0.15, 0.2) is 143 Å². The normalized spacial score (nSPS) is 12.0. The summed E-state index contributed by atoms with van der Waals surface area (Å²) in [6.45, 7) is 18.3.